The van der Waals surface area contributed by atoms with Gasteiger partial charge in [-0.1, -0.05) is 19.9 Å². The van der Waals surface area contributed by atoms with Gasteiger partial charge in [-0.2, -0.15) is 0 Å². The first-order valence-corrected chi connectivity index (χ1v) is 10.1. The molecule has 0 aromatic carbocycles. The smallest absolute Gasteiger partial charge is 0.263 e. The second-order valence-electron chi connectivity index (χ2n) is 6.81. The predicted octanol–water partition coefficient (Wildman–Crippen LogP) is 2.68. The normalized spacial score (nSPS) is 13.9. The molecule has 3 aromatic heterocycles. The molecule has 3 aromatic rings. The summed E-state index contributed by atoms with van der Waals surface area (Å²) in [7, 11) is 0. The number of carbonyl (C=O) groups excluding carboxylic acids is 1. The number of aromatic nitrogens is 2. The summed E-state index contributed by atoms with van der Waals surface area (Å²) in [6, 6.07) is 3.93. The van der Waals surface area contributed by atoms with Crippen LogP contribution in [0.2, 0.25) is 0 Å². The van der Waals surface area contributed by atoms with Crippen molar-refractivity contribution < 1.29 is 4.79 Å². The Kier molecular flexibility index (Phi) is 5.27. The van der Waals surface area contributed by atoms with Gasteiger partial charge in [0.25, 0.3) is 5.56 Å². The molecule has 0 saturated carbocycles. The highest BCUT2D eigenvalue weighted by Crippen LogP contribution is 2.33. The Bertz CT molecular complexity index is 975. The molecule has 0 fully saturated rings. The number of carbonyl (C=O) groups is 1. The fourth-order valence-electron chi connectivity index (χ4n) is 2.64. The molecule has 1 amide bonds. The van der Waals surface area contributed by atoms with Crippen LogP contribution in [0, 0.1) is 5.92 Å². The molecule has 3 heterocycles. The van der Waals surface area contributed by atoms with E-state index in [1.807, 2.05) is 43.7 Å². The van der Waals surface area contributed by atoms with E-state index in [1.54, 1.807) is 11.3 Å². The molecule has 0 saturated heterocycles. The van der Waals surface area contributed by atoms with Gasteiger partial charge in [0.1, 0.15) is 11.4 Å². The van der Waals surface area contributed by atoms with Crippen molar-refractivity contribution in [3.05, 3.63) is 39.6 Å². The first kappa shape index (κ1) is 18.8. The monoisotopic (exact) mass is 390 g/mol. The zero-order valence-corrected chi connectivity index (χ0v) is 16.6. The van der Waals surface area contributed by atoms with E-state index < -0.39 is 5.54 Å². The van der Waals surface area contributed by atoms with E-state index in [-0.39, 0.29) is 23.9 Å². The van der Waals surface area contributed by atoms with Crippen LogP contribution in [0.5, 0.6) is 0 Å². The van der Waals surface area contributed by atoms with Crippen molar-refractivity contribution in [2.24, 2.45) is 11.7 Å². The van der Waals surface area contributed by atoms with Crippen molar-refractivity contribution in [3.63, 3.8) is 0 Å². The molecule has 0 spiro atoms. The number of amides is 1. The van der Waals surface area contributed by atoms with Gasteiger partial charge in [0.15, 0.2) is 0 Å². The molecule has 0 aliphatic heterocycles. The number of hydrogen-bond donors (Lipinski definition) is 2. The van der Waals surface area contributed by atoms with E-state index in [9.17, 15) is 9.59 Å². The van der Waals surface area contributed by atoms with Crippen molar-refractivity contribution in [1.29, 1.82) is 0 Å². The topological polar surface area (TPSA) is 90.0 Å². The summed E-state index contributed by atoms with van der Waals surface area (Å²) in [5.74, 6) is -0.0705. The van der Waals surface area contributed by atoms with Crippen LogP contribution in [0.1, 0.15) is 20.8 Å². The van der Waals surface area contributed by atoms with Crippen LogP contribution in [0.4, 0.5) is 0 Å². The van der Waals surface area contributed by atoms with Crippen LogP contribution in [-0.4, -0.2) is 27.5 Å². The fourth-order valence-corrected chi connectivity index (χ4v) is 4.36. The van der Waals surface area contributed by atoms with Crippen molar-refractivity contribution in [1.82, 2.24) is 14.9 Å². The Labute approximate surface area is 159 Å². The lowest BCUT2D eigenvalue weighted by Gasteiger charge is -2.33. The molecule has 6 nitrogen and oxygen atoms in total. The quantitative estimate of drug-likeness (QED) is 0.677. The average Bonchev–Trinajstić information content (AvgIpc) is 3.26. The minimum absolute atomic E-state index is 0.0796. The van der Waals surface area contributed by atoms with Gasteiger partial charge in [-0.05, 0) is 24.3 Å². The molecular formula is C18H22N4O2S2. The van der Waals surface area contributed by atoms with E-state index in [0.717, 1.165) is 10.4 Å². The van der Waals surface area contributed by atoms with E-state index in [2.05, 4.69) is 10.3 Å². The van der Waals surface area contributed by atoms with Gasteiger partial charge in [-0.25, -0.2) is 4.98 Å². The Morgan fingerprint density at radius 1 is 1.42 bits per heavy atom. The van der Waals surface area contributed by atoms with E-state index >= 15 is 0 Å². The Hall–Kier alpha value is -2.03. The summed E-state index contributed by atoms with van der Waals surface area (Å²) in [6.45, 7) is 6.17. The molecule has 1 unspecified atom stereocenters. The van der Waals surface area contributed by atoms with Crippen LogP contribution in [0.3, 0.4) is 0 Å². The van der Waals surface area contributed by atoms with Gasteiger partial charge in [-0.15, -0.1) is 22.7 Å². The summed E-state index contributed by atoms with van der Waals surface area (Å²) >= 11 is 3.01. The Morgan fingerprint density at radius 3 is 2.81 bits per heavy atom. The third kappa shape index (κ3) is 3.44. The molecular weight excluding hydrogens is 368 g/mol. The predicted molar refractivity (Wildman–Crippen MR) is 108 cm³/mol. The molecule has 0 aliphatic carbocycles. The van der Waals surface area contributed by atoms with Crippen LogP contribution in [0.25, 0.3) is 20.7 Å². The zero-order valence-electron chi connectivity index (χ0n) is 15.0. The van der Waals surface area contributed by atoms with Crippen LogP contribution < -0.4 is 16.6 Å². The summed E-state index contributed by atoms with van der Waals surface area (Å²) in [5.41, 5.74) is 5.99. The van der Waals surface area contributed by atoms with Crippen LogP contribution in [0.15, 0.2) is 34.0 Å². The number of thiophene rings is 2. The standard InChI is InChI=1S/C18H22N4O2S2/c1-11(2)18(3,9-19)21-14(23)7-22-10-20-16-15(17(22)24)12(8-26-16)13-5-4-6-25-13/h4-6,8,10-11H,7,9,19H2,1-3H3,(H,21,23). The maximum atomic E-state index is 12.9. The number of nitrogens with two attached hydrogens (primary N) is 1. The molecule has 1 atom stereocenters. The number of nitrogens with zero attached hydrogens (tertiary/aromatic N) is 2. The lowest BCUT2D eigenvalue weighted by atomic mass is 9.88. The maximum absolute atomic E-state index is 12.9. The summed E-state index contributed by atoms with van der Waals surface area (Å²) in [5, 5.41) is 7.44. The van der Waals surface area contributed by atoms with Crippen LogP contribution in [-0.2, 0) is 11.3 Å². The number of fused-ring (bicyclic) bond motifs is 1. The molecule has 0 aliphatic rings. The molecule has 0 radical (unpaired) electrons. The second-order valence-corrected chi connectivity index (χ2v) is 8.61. The van der Waals surface area contributed by atoms with E-state index in [4.69, 9.17) is 5.73 Å². The number of rotatable bonds is 6. The number of nitrogens with one attached hydrogen (secondary N) is 1. The van der Waals surface area contributed by atoms with Crippen molar-refractivity contribution in [3.8, 4) is 10.4 Å². The molecule has 0 bridgehead atoms. The Morgan fingerprint density at radius 2 is 2.19 bits per heavy atom. The molecule has 3 N–H and O–H groups in total. The van der Waals surface area contributed by atoms with Gasteiger partial charge < -0.3 is 11.1 Å². The lowest BCUT2D eigenvalue weighted by Crippen LogP contribution is -2.56. The first-order valence-electron chi connectivity index (χ1n) is 8.37. The highest BCUT2D eigenvalue weighted by atomic mass is 32.1. The van der Waals surface area contributed by atoms with E-state index in [0.29, 0.717) is 16.8 Å². The minimum Gasteiger partial charge on any atom is -0.348 e. The minimum atomic E-state index is -0.511. The van der Waals surface area contributed by atoms with Gasteiger partial charge in [0, 0.05) is 22.4 Å². The average molecular weight is 391 g/mol. The molecule has 8 heteroatoms. The summed E-state index contributed by atoms with van der Waals surface area (Å²) in [4.78, 5) is 31.5. The number of hydrogen-bond acceptors (Lipinski definition) is 6. The van der Waals surface area contributed by atoms with Gasteiger partial charge in [0.05, 0.1) is 17.3 Å². The SMILES string of the molecule is CC(C)C(C)(CN)NC(=O)Cn1cnc2scc(-c3cccs3)c2c1=O. The van der Waals surface area contributed by atoms with Gasteiger partial charge in [0.2, 0.25) is 5.91 Å². The van der Waals surface area contributed by atoms with Gasteiger partial charge in [-0.3, -0.25) is 14.2 Å². The second kappa shape index (κ2) is 7.30. The summed E-state index contributed by atoms with van der Waals surface area (Å²) in [6.07, 6.45) is 1.44. The lowest BCUT2D eigenvalue weighted by molar-refractivity contribution is -0.123. The maximum Gasteiger partial charge on any atom is 0.263 e. The van der Waals surface area contributed by atoms with Crippen molar-refractivity contribution in [2.45, 2.75) is 32.9 Å². The third-order valence-electron chi connectivity index (χ3n) is 4.78. The third-order valence-corrected chi connectivity index (χ3v) is 6.57. The van der Waals surface area contributed by atoms with Crippen molar-refractivity contribution in [2.75, 3.05) is 6.54 Å². The summed E-state index contributed by atoms with van der Waals surface area (Å²) < 4.78 is 1.36. The van der Waals surface area contributed by atoms with Gasteiger partial charge >= 0.3 is 0 Å². The first-order chi connectivity index (χ1) is 12.4. The largest absolute Gasteiger partial charge is 0.348 e. The molecule has 3 rings (SSSR count). The fraction of sp³-hybridized carbons (Fsp3) is 0.389. The van der Waals surface area contributed by atoms with E-state index in [1.165, 1.54) is 22.2 Å². The van der Waals surface area contributed by atoms with Crippen molar-refractivity contribution >= 4 is 38.8 Å². The zero-order chi connectivity index (χ0) is 18.9. The highest BCUT2D eigenvalue weighted by Gasteiger charge is 2.28. The highest BCUT2D eigenvalue weighted by molar-refractivity contribution is 7.18. The molecule has 26 heavy (non-hydrogen) atoms. The Balaban J connectivity index is 1.92. The molecule has 138 valence electrons. The van der Waals surface area contributed by atoms with Crippen LogP contribution >= 0.6 is 22.7 Å².